The van der Waals surface area contributed by atoms with E-state index in [9.17, 15) is 4.79 Å². The second kappa shape index (κ2) is 6.44. The van der Waals surface area contributed by atoms with Crippen molar-refractivity contribution in [3.63, 3.8) is 0 Å². The van der Waals surface area contributed by atoms with E-state index < -0.39 is 0 Å². The third-order valence-corrected chi connectivity index (χ3v) is 2.83. The Kier molecular flexibility index (Phi) is 5.22. The first-order chi connectivity index (χ1) is 8.45. The van der Waals surface area contributed by atoms with Gasteiger partial charge in [-0.25, -0.2) is 0 Å². The number of aromatic nitrogens is 1. The molecule has 0 aliphatic heterocycles. The molecule has 0 radical (unpaired) electrons. The van der Waals surface area contributed by atoms with Crippen molar-refractivity contribution in [2.24, 2.45) is 0 Å². The van der Waals surface area contributed by atoms with Gasteiger partial charge in [0.2, 0.25) is 0 Å². The number of anilines is 1. The molecule has 5 nitrogen and oxygen atoms in total. The van der Waals surface area contributed by atoms with Crippen LogP contribution >= 0.6 is 0 Å². The van der Waals surface area contributed by atoms with E-state index in [0.717, 1.165) is 6.42 Å². The lowest BCUT2D eigenvalue weighted by Gasteiger charge is -2.16. The molecule has 18 heavy (non-hydrogen) atoms. The molecule has 1 amide bonds. The minimum absolute atomic E-state index is 0.0430. The van der Waals surface area contributed by atoms with Crippen molar-refractivity contribution in [1.82, 2.24) is 9.88 Å². The van der Waals surface area contributed by atoms with Crippen molar-refractivity contribution in [3.05, 3.63) is 18.0 Å². The summed E-state index contributed by atoms with van der Waals surface area (Å²) in [5.74, 6) is -0.120. The number of amides is 1. The van der Waals surface area contributed by atoms with E-state index in [1.54, 1.807) is 12.3 Å². The van der Waals surface area contributed by atoms with Crippen LogP contribution in [0.2, 0.25) is 0 Å². The molecule has 4 N–H and O–H groups in total. The highest BCUT2D eigenvalue weighted by molar-refractivity contribution is 5.94. The maximum Gasteiger partial charge on any atom is 0.268 e. The average molecular weight is 253 g/mol. The molecule has 1 aromatic heterocycles. The van der Waals surface area contributed by atoms with Crippen LogP contribution in [-0.4, -0.2) is 28.2 Å². The lowest BCUT2D eigenvalue weighted by atomic mass is 10.2. The van der Waals surface area contributed by atoms with E-state index in [0.29, 0.717) is 17.8 Å². The molecule has 0 saturated heterocycles. The van der Waals surface area contributed by atoms with E-state index in [-0.39, 0.29) is 24.6 Å². The van der Waals surface area contributed by atoms with Crippen LogP contribution in [0.5, 0.6) is 0 Å². The summed E-state index contributed by atoms with van der Waals surface area (Å²) in [5.41, 5.74) is 6.91. The van der Waals surface area contributed by atoms with Crippen LogP contribution in [0, 0.1) is 0 Å². The Hall–Kier alpha value is -1.49. The number of rotatable bonds is 6. The normalized spacial score (nSPS) is 12.7. The highest BCUT2D eigenvalue weighted by atomic mass is 16.3. The number of aliphatic hydroxyl groups is 1. The largest absolute Gasteiger partial charge is 0.397 e. The van der Waals surface area contributed by atoms with Gasteiger partial charge in [-0.15, -0.1) is 0 Å². The number of carbonyl (C=O) groups excluding carboxylic acids is 1. The van der Waals surface area contributed by atoms with Crippen LogP contribution in [0.25, 0.3) is 0 Å². The van der Waals surface area contributed by atoms with Crippen LogP contribution in [-0.2, 0) is 0 Å². The molecule has 1 unspecified atom stereocenters. The zero-order valence-electron chi connectivity index (χ0n) is 11.3. The first-order valence-electron chi connectivity index (χ1n) is 6.34. The molecule has 0 aromatic carbocycles. The van der Waals surface area contributed by atoms with Crippen LogP contribution in [0.4, 0.5) is 5.69 Å². The number of nitrogens with one attached hydrogen (secondary N) is 1. The van der Waals surface area contributed by atoms with E-state index in [2.05, 4.69) is 5.32 Å². The molecule has 1 rings (SSSR count). The first-order valence-corrected chi connectivity index (χ1v) is 6.34. The summed E-state index contributed by atoms with van der Waals surface area (Å²) in [4.78, 5) is 12.1. The number of hydrogen-bond acceptors (Lipinski definition) is 3. The second-order valence-electron chi connectivity index (χ2n) is 4.90. The third-order valence-electron chi connectivity index (χ3n) is 2.83. The Labute approximate surface area is 108 Å². The predicted octanol–water partition coefficient (Wildman–Crippen LogP) is 1.54. The molecule has 0 bridgehead atoms. The fraction of sp³-hybridized carbons (Fsp3) is 0.615. The summed E-state index contributed by atoms with van der Waals surface area (Å²) in [6.07, 6.45) is 3.23. The minimum atomic E-state index is -0.120. The molecule has 102 valence electrons. The van der Waals surface area contributed by atoms with Gasteiger partial charge in [-0.3, -0.25) is 4.79 Å². The van der Waals surface area contributed by atoms with Crippen molar-refractivity contribution in [2.75, 3.05) is 12.3 Å². The summed E-state index contributed by atoms with van der Waals surface area (Å²) in [7, 11) is 0. The number of nitrogens with two attached hydrogens (primary N) is 1. The standard InChI is InChI=1S/C13H23N3O2/c1-9(2)16-8-11(14)7-12(16)13(18)15-10(3)5-4-6-17/h7-10,17H,4-6,14H2,1-3H3,(H,15,18). The van der Waals surface area contributed by atoms with Gasteiger partial charge in [-0.1, -0.05) is 0 Å². The summed E-state index contributed by atoms with van der Waals surface area (Å²) < 4.78 is 1.86. The lowest BCUT2D eigenvalue weighted by Crippen LogP contribution is -2.34. The summed E-state index contributed by atoms with van der Waals surface area (Å²) in [6.45, 7) is 6.09. The maximum atomic E-state index is 12.1. The smallest absolute Gasteiger partial charge is 0.268 e. The molecular weight excluding hydrogens is 230 g/mol. The fourth-order valence-electron chi connectivity index (χ4n) is 1.88. The van der Waals surface area contributed by atoms with Gasteiger partial charge >= 0.3 is 0 Å². The SMILES string of the molecule is CC(CCCO)NC(=O)c1cc(N)cn1C(C)C. The molecule has 5 heteroatoms. The molecular formula is C13H23N3O2. The van der Waals surface area contributed by atoms with Crippen molar-refractivity contribution in [3.8, 4) is 0 Å². The van der Waals surface area contributed by atoms with E-state index in [1.807, 2.05) is 25.3 Å². The second-order valence-corrected chi connectivity index (χ2v) is 4.90. The third kappa shape index (κ3) is 3.77. The topological polar surface area (TPSA) is 80.3 Å². The summed E-state index contributed by atoms with van der Waals surface area (Å²) >= 11 is 0. The molecule has 0 fully saturated rings. The minimum Gasteiger partial charge on any atom is -0.397 e. The Balaban J connectivity index is 2.72. The Morgan fingerprint density at radius 2 is 2.17 bits per heavy atom. The Morgan fingerprint density at radius 1 is 1.50 bits per heavy atom. The van der Waals surface area contributed by atoms with Gasteiger partial charge in [0, 0.05) is 24.9 Å². The van der Waals surface area contributed by atoms with Crippen LogP contribution < -0.4 is 11.1 Å². The summed E-state index contributed by atoms with van der Waals surface area (Å²) in [6, 6.07) is 1.92. The number of carbonyl (C=O) groups is 1. The van der Waals surface area contributed by atoms with Gasteiger partial charge in [0.05, 0.1) is 5.69 Å². The van der Waals surface area contributed by atoms with Crippen molar-refractivity contribution >= 4 is 11.6 Å². The molecule has 0 saturated carbocycles. The lowest BCUT2D eigenvalue weighted by molar-refractivity contribution is 0.0925. The number of nitrogen functional groups attached to an aromatic ring is 1. The van der Waals surface area contributed by atoms with Crippen LogP contribution in [0.3, 0.4) is 0 Å². The Bertz CT molecular complexity index is 399. The van der Waals surface area contributed by atoms with Gasteiger partial charge in [0.25, 0.3) is 5.91 Å². The van der Waals surface area contributed by atoms with E-state index in [1.165, 1.54) is 0 Å². The van der Waals surface area contributed by atoms with Crippen LogP contribution in [0.15, 0.2) is 12.3 Å². The quantitative estimate of drug-likeness (QED) is 0.719. The molecule has 0 aliphatic carbocycles. The van der Waals surface area contributed by atoms with Crippen molar-refractivity contribution < 1.29 is 9.90 Å². The van der Waals surface area contributed by atoms with Gasteiger partial charge in [-0.2, -0.15) is 0 Å². The zero-order chi connectivity index (χ0) is 13.7. The molecule has 0 aliphatic rings. The number of aliphatic hydroxyl groups excluding tert-OH is 1. The Morgan fingerprint density at radius 3 is 2.72 bits per heavy atom. The highest BCUT2D eigenvalue weighted by Gasteiger charge is 2.16. The fourth-order valence-corrected chi connectivity index (χ4v) is 1.88. The first kappa shape index (κ1) is 14.6. The monoisotopic (exact) mass is 253 g/mol. The van der Waals surface area contributed by atoms with Gasteiger partial charge in [0.1, 0.15) is 5.69 Å². The van der Waals surface area contributed by atoms with Crippen molar-refractivity contribution in [2.45, 2.75) is 45.7 Å². The zero-order valence-corrected chi connectivity index (χ0v) is 11.3. The number of nitrogens with zero attached hydrogens (tertiary/aromatic N) is 1. The van der Waals surface area contributed by atoms with E-state index >= 15 is 0 Å². The van der Waals surface area contributed by atoms with Gasteiger partial charge in [0.15, 0.2) is 0 Å². The molecule has 1 heterocycles. The van der Waals surface area contributed by atoms with Crippen LogP contribution in [0.1, 0.15) is 50.1 Å². The number of hydrogen-bond donors (Lipinski definition) is 3. The summed E-state index contributed by atoms with van der Waals surface area (Å²) in [5, 5.41) is 11.7. The molecule has 1 aromatic rings. The highest BCUT2D eigenvalue weighted by Crippen LogP contribution is 2.16. The van der Waals surface area contributed by atoms with Crippen molar-refractivity contribution in [1.29, 1.82) is 0 Å². The predicted molar refractivity (Wildman–Crippen MR) is 72.5 cm³/mol. The van der Waals surface area contributed by atoms with Gasteiger partial charge < -0.3 is 20.7 Å². The molecule has 0 spiro atoms. The molecule has 1 atom stereocenters. The average Bonchev–Trinajstić information content (AvgIpc) is 2.69. The van der Waals surface area contributed by atoms with Gasteiger partial charge in [-0.05, 0) is 39.7 Å². The van der Waals surface area contributed by atoms with E-state index in [4.69, 9.17) is 10.8 Å². The maximum absolute atomic E-state index is 12.1.